The van der Waals surface area contributed by atoms with Gasteiger partial charge < -0.3 is 15.2 Å². The molecule has 0 aliphatic heterocycles. The van der Waals surface area contributed by atoms with E-state index in [0.717, 1.165) is 22.4 Å². The number of hydrogen-bond acceptors (Lipinski definition) is 3. The van der Waals surface area contributed by atoms with Crippen LogP contribution in [-0.2, 0) is 16.1 Å². The molecule has 2 N–H and O–H groups in total. The Morgan fingerprint density at radius 1 is 1.04 bits per heavy atom. The van der Waals surface area contributed by atoms with Crippen LogP contribution >= 0.6 is 0 Å². The Balaban J connectivity index is 1.62. The third-order valence-corrected chi connectivity index (χ3v) is 4.42. The van der Waals surface area contributed by atoms with Crippen LogP contribution in [0.3, 0.4) is 0 Å². The Morgan fingerprint density at radius 3 is 2.04 bits per heavy atom. The summed E-state index contributed by atoms with van der Waals surface area (Å²) in [5.41, 5.74) is 1.89. The van der Waals surface area contributed by atoms with E-state index >= 15 is 0 Å². The predicted octanol–water partition coefficient (Wildman–Crippen LogP) is 2.84. The maximum absolute atomic E-state index is 12.0. The van der Waals surface area contributed by atoms with Crippen molar-refractivity contribution in [3.63, 3.8) is 0 Å². The summed E-state index contributed by atoms with van der Waals surface area (Å²) in [5, 5.41) is 11.8. The van der Waals surface area contributed by atoms with Crippen LogP contribution < -0.4 is 10.1 Å². The van der Waals surface area contributed by atoms with Crippen molar-refractivity contribution >= 4 is 11.9 Å². The highest BCUT2D eigenvalue weighted by atomic mass is 16.5. The fourth-order valence-electron chi connectivity index (χ4n) is 2.61. The number of carbonyl (C=O) groups is 2. The number of nitrogens with one attached hydrogen (secondary N) is 1. The van der Waals surface area contributed by atoms with Gasteiger partial charge in [-0.2, -0.15) is 0 Å². The maximum Gasteiger partial charge on any atom is 0.319 e. The van der Waals surface area contributed by atoms with Crippen molar-refractivity contribution in [3.05, 3.63) is 54.1 Å². The summed E-state index contributed by atoms with van der Waals surface area (Å²) >= 11 is 0. The molecule has 2 aromatic carbocycles. The van der Waals surface area contributed by atoms with Crippen LogP contribution in [0.1, 0.15) is 18.4 Å². The molecule has 0 radical (unpaired) electrons. The van der Waals surface area contributed by atoms with E-state index in [1.807, 2.05) is 48.5 Å². The maximum atomic E-state index is 12.0. The summed E-state index contributed by atoms with van der Waals surface area (Å²) in [6, 6.07) is 15.6. The molecule has 0 aromatic heterocycles. The van der Waals surface area contributed by atoms with E-state index in [0.29, 0.717) is 19.4 Å². The minimum Gasteiger partial charge on any atom is -0.497 e. The first-order valence-electron chi connectivity index (χ1n) is 7.80. The molecule has 5 nitrogen and oxygen atoms in total. The number of hydrogen-bond donors (Lipinski definition) is 2. The number of carboxylic acid groups (broad SMARTS) is 1. The van der Waals surface area contributed by atoms with E-state index in [2.05, 4.69) is 5.32 Å². The summed E-state index contributed by atoms with van der Waals surface area (Å²) in [7, 11) is 1.63. The van der Waals surface area contributed by atoms with Gasteiger partial charge in [0.25, 0.3) is 0 Å². The number of benzene rings is 2. The molecule has 1 fully saturated rings. The number of ether oxygens (including phenoxy) is 1. The van der Waals surface area contributed by atoms with Crippen LogP contribution in [0.2, 0.25) is 0 Å². The van der Waals surface area contributed by atoms with Gasteiger partial charge >= 0.3 is 5.97 Å². The zero-order valence-electron chi connectivity index (χ0n) is 13.4. The van der Waals surface area contributed by atoms with E-state index in [9.17, 15) is 9.59 Å². The fraction of sp³-hybridized carbons (Fsp3) is 0.263. The monoisotopic (exact) mass is 325 g/mol. The van der Waals surface area contributed by atoms with Gasteiger partial charge in [0.1, 0.15) is 11.2 Å². The molecule has 0 atom stereocenters. The first kappa shape index (κ1) is 16.1. The first-order valence-corrected chi connectivity index (χ1v) is 7.80. The van der Waals surface area contributed by atoms with Crippen molar-refractivity contribution < 1.29 is 19.4 Å². The van der Waals surface area contributed by atoms with Crippen LogP contribution in [0.25, 0.3) is 11.1 Å². The Hall–Kier alpha value is -2.82. The van der Waals surface area contributed by atoms with E-state index in [1.165, 1.54) is 0 Å². The minimum atomic E-state index is -1.19. The molecule has 1 aliphatic rings. The highest BCUT2D eigenvalue weighted by Crippen LogP contribution is 2.46. The van der Waals surface area contributed by atoms with Crippen molar-refractivity contribution in [1.82, 2.24) is 5.32 Å². The summed E-state index contributed by atoms with van der Waals surface area (Å²) in [6.45, 7) is 0.330. The van der Waals surface area contributed by atoms with Gasteiger partial charge in [0.05, 0.1) is 7.11 Å². The quantitative estimate of drug-likeness (QED) is 0.801. The standard InChI is InChI=1S/C19H19NO4/c1-24-16-8-6-15(7-9-16)14-4-2-13(3-5-14)12-20-17(21)19(10-11-19)18(22)23/h2-9H,10-12H2,1H3,(H,20,21)(H,22,23). The van der Waals surface area contributed by atoms with Gasteiger partial charge in [-0.3, -0.25) is 9.59 Å². The van der Waals surface area contributed by atoms with Crippen molar-refractivity contribution in [3.8, 4) is 16.9 Å². The Morgan fingerprint density at radius 2 is 1.58 bits per heavy atom. The predicted molar refractivity (Wildman–Crippen MR) is 89.6 cm³/mol. The molecule has 24 heavy (non-hydrogen) atoms. The lowest BCUT2D eigenvalue weighted by molar-refractivity contribution is -0.149. The van der Waals surface area contributed by atoms with Crippen molar-refractivity contribution in [2.45, 2.75) is 19.4 Å². The third kappa shape index (κ3) is 3.11. The first-order chi connectivity index (χ1) is 11.5. The molecule has 1 aliphatic carbocycles. The van der Waals surface area contributed by atoms with E-state index in [-0.39, 0.29) is 0 Å². The molecule has 3 rings (SSSR count). The summed E-state index contributed by atoms with van der Waals surface area (Å²) in [4.78, 5) is 23.1. The number of aliphatic carboxylic acids is 1. The second-order valence-corrected chi connectivity index (χ2v) is 6.00. The molecule has 0 unspecified atom stereocenters. The van der Waals surface area contributed by atoms with Gasteiger partial charge in [-0.15, -0.1) is 0 Å². The lowest BCUT2D eigenvalue weighted by atomic mass is 10.0. The second-order valence-electron chi connectivity index (χ2n) is 6.00. The fourth-order valence-corrected chi connectivity index (χ4v) is 2.61. The average Bonchev–Trinajstić information content (AvgIpc) is 3.42. The van der Waals surface area contributed by atoms with E-state index in [1.54, 1.807) is 7.11 Å². The van der Waals surface area contributed by atoms with Gasteiger partial charge in [0, 0.05) is 6.54 Å². The molecule has 1 amide bonds. The van der Waals surface area contributed by atoms with E-state index < -0.39 is 17.3 Å². The lowest BCUT2D eigenvalue weighted by Crippen LogP contribution is -2.36. The number of amides is 1. The molecule has 2 aromatic rings. The van der Waals surface area contributed by atoms with Gasteiger partial charge in [0.15, 0.2) is 0 Å². The minimum absolute atomic E-state index is 0.330. The molecule has 5 heteroatoms. The molecular weight excluding hydrogens is 306 g/mol. The number of methoxy groups -OCH3 is 1. The van der Waals surface area contributed by atoms with Crippen LogP contribution in [0.15, 0.2) is 48.5 Å². The van der Waals surface area contributed by atoms with Crippen molar-refractivity contribution in [2.75, 3.05) is 7.11 Å². The SMILES string of the molecule is COc1ccc(-c2ccc(CNC(=O)C3(C(=O)O)CC3)cc2)cc1. The molecule has 0 saturated heterocycles. The summed E-state index contributed by atoms with van der Waals surface area (Å²) < 4.78 is 5.15. The van der Waals surface area contributed by atoms with Gasteiger partial charge in [-0.05, 0) is 41.7 Å². The molecule has 0 spiro atoms. The second kappa shape index (κ2) is 6.35. The molecule has 0 heterocycles. The van der Waals surface area contributed by atoms with E-state index in [4.69, 9.17) is 9.84 Å². The number of carboxylic acids is 1. The smallest absolute Gasteiger partial charge is 0.319 e. The van der Waals surface area contributed by atoms with Crippen LogP contribution in [-0.4, -0.2) is 24.1 Å². The third-order valence-electron chi connectivity index (χ3n) is 4.42. The van der Waals surface area contributed by atoms with Crippen LogP contribution in [0.5, 0.6) is 5.75 Å². The normalized spacial score (nSPS) is 14.7. The van der Waals surface area contributed by atoms with Crippen molar-refractivity contribution in [2.24, 2.45) is 5.41 Å². The summed E-state index contributed by atoms with van der Waals surface area (Å²) in [6.07, 6.45) is 0.842. The van der Waals surface area contributed by atoms with Crippen molar-refractivity contribution in [1.29, 1.82) is 0 Å². The number of carbonyl (C=O) groups excluding carboxylic acids is 1. The largest absolute Gasteiger partial charge is 0.497 e. The topological polar surface area (TPSA) is 75.6 Å². The van der Waals surface area contributed by atoms with Gasteiger partial charge in [-0.1, -0.05) is 36.4 Å². The Bertz CT molecular complexity index is 746. The number of rotatable bonds is 6. The highest BCUT2D eigenvalue weighted by Gasteiger charge is 2.56. The van der Waals surface area contributed by atoms with Crippen LogP contribution in [0.4, 0.5) is 0 Å². The molecule has 1 saturated carbocycles. The molecular formula is C19H19NO4. The Kier molecular flexibility index (Phi) is 4.25. The average molecular weight is 325 g/mol. The van der Waals surface area contributed by atoms with Gasteiger partial charge in [0.2, 0.25) is 5.91 Å². The summed E-state index contributed by atoms with van der Waals surface area (Å²) in [5.74, 6) is -0.616. The molecule has 0 bridgehead atoms. The highest BCUT2D eigenvalue weighted by molar-refractivity contribution is 6.04. The van der Waals surface area contributed by atoms with Crippen LogP contribution in [0, 0.1) is 5.41 Å². The lowest BCUT2D eigenvalue weighted by Gasteiger charge is -2.11. The Labute approximate surface area is 140 Å². The zero-order valence-corrected chi connectivity index (χ0v) is 13.4. The zero-order chi connectivity index (χ0) is 17.2. The van der Waals surface area contributed by atoms with Gasteiger partial charge in [-0.25, -0.2) is 0 Å². The molecule has 124 valence electrons.